The van der Waals surface area contributed by atoms with Crippen LogP contribution in [0.2, 0.25) is 0 Å². The Morgan fingerprint density at radius 2 is 1.64 bits per heavy atom. The molecule has 0 atom stereocenters. The van der Waals surface area contributed by atoms with Gasteiger partial charge in [-0.2, -0.15) is 0 Å². The molecule has 0 aliphatic rings. The lowest BCUT2D eigenvalue weighted by molar-refractivity contribution is 0.0452. The fraction of sp³-hybridized carbons (Fsp3) is 0.611. The first-order valence-electron chi connectivity index (χ1n) is 8.25. The second-order valence-corrected chi connectivity index (χ2v) is 4.41. The first-order chi connectivity index (χ1) is 10.8. The average Bonchev–Trinajstić information content (AvgIpc) is 2.57. The maximum atomic E-state index is 11.7. The molecule has 4 heteroatoms. The minimum atomic E-state index is -0.304. The maximum Gasteiger partial charge on any atom is 0.338 e. The van der Waals surface area contributed by atoms with E-state index >= 15 is 0 Å². The SMILES string of the molecule is CC.CCCCOc1ccc(C(=O)OCCCOCC)cc1. The second-order valence-electron chi connectivity index (χ2n) is 4.41. The molecular formula is C18H30O4. The van der Waals surface area contributed by atoms with Crippen molar-refractivity contribution in [3.05, 3.63) is 29.8 Å². The fourth-order valence-corrected chi connectivity index (χ4v) is 1.58. The molecule has 0 saturated heterocycles. The number of esters is 1. The molecule has 0 unspecified atom stereocenters. The van der Waals surface area contributed by atoms with Crippen LogP contribution in [0.25, 0.3) is 0 Å². The zero-order valence-corrected chi connectivity index (χ0v) is 14.4. The molecule has 126 valence electrons. The van der Waals surface area contributed by atoms with E-state index < -0.39 is 0 Å². The van der Waals surface area contributed by atoms with Gasteiger partial charge in [0.25, 0.3) is 0 Å². The molecule has 0 amide bonds. The third kappa shape index (κ3) is 9.40. The monoisotopic (exact) mass is 310 g/mol. The Balaban J connectivity index is 0.00000211. The van der Waals surface area contributed by atoms with Crippen LogP contribution in [-0.2, 0) is 9.47 Å². The smallest absolute Gasteiger partial charge is 0.338 e. The summed E-state index contributed by atoms with van der Waals surface area (Å²) in [6, 6.07) is 7.05. The van der Waals surface area contributed by atoms with E-state index in [1.165, 1.54) is 0 Å². The van der Waals surface area contributed by atoms with Crippen LogP contribution in [0, 0.1) is 0 Å². The summed E-state index contributed by atoms with van der Waals surface area (Å²) in [6.45, 7) is 10.5. The van der Waals surface area contributed by atoms with Crippen LogP contribution in [0.5, 0.6) is 5.75 Å². The zero-order valence-electron chi connectivity index (χ0n) is 14.4. The van der Waals surface area contributed by atoms with E-state index in [0.717, 1.165) is 25.0 Å². The van der Waals surface area contributed by atoms with Crippen molar-refractivity contribution in [3.63, 3.8) is 0 Å². The molecule has 1 rings (SSSR count). The van der Waals surface area contributed by atoms with Crippen LogP contribution in [0.4, 0.5) is 0 Å². The van der Waals surface area contributed by atoms with Gasteiger partial charge in [-0.25, -0.2) is 4.79 Å². The van der Waals surface area contributed by atoms with Crippen molar-refractivity contribution in [2.75, 3.05) is 26.4 Å². The minimum absolute atomic E-state index is 0.304. The predicted molar refractivity (Wildman–Crippen MR) is 89.6 cm³/mol. The minimum Gasteiger partial charge on any atom is -0.494 e. The summed E-state index contributed by atoms with van der Waals surface area (Å²) in [7, 11) is 0. The number of hydrogen-bond acceptors (Lipinski definition) is 4. The Labute approximate surface area is 134 Å². The molecule has 0 bridgehead atoms. The van der Waals surface area contributed by atoms with Crippen LogP contribution in [0.1, 0.15) is 57.3 Å². The summed E-state index contributed by atoms with van der Waals surface area (Å²) in [5.41, 5.74) is 0.546. The molecule has 0 saturated carbocycles. The highest BCUT2D eigenvalue weighted by molar-refractivity contribution is 5.89. The molecule has 22 heavy (non-hydrogen) atoms. The van der Waals surface area contributed by atoms with Gasteiger partial charge in [0.1, 0.15) is 5.75 Å². The van der Waals surface area contributed by atoms with Gasteiger partial charge < -0.3 is 14.2 Å². The van der Waals surface area contributed by atoms with Gasteiger partial charge in [0, 0.05) is 19.6 Å². The standard InChI is InChI=1S/C16H24O4.C2H6/c1-3-5-12-19-15-9-7-14(8-10-15)16(17)20-13-6-11-18-4-2;1-2/h7-10H,3-6,11-13H2,1-2H3;1-2H3. The molecule has 0 N–H and O–H groups in total. The van der Waals surface area contributed by atoms with E-state index in [9.17, 15) is 4.79 Å². The normalized spacial score (nSPS) is 9.64. The first-order valence-corrected chi connectivity index (χ1v) is 8.25. The van der Waals surface area contributed by atoms with Crippen molar-refractivity contribution in [1.82, 2.24) is 0 Å². The highest BCUT2D eigenvalue weighted by Gasteiger charge is 2.06. The van der Waals surface area contributed by atoms with Crippen LogP contribution < -0.4 is 4.74 Å². The number of ether oxygens (including phenoxy) is 3. The van der Waals surface area contributed by atoms with Crippen LogP contribution in [0.3, 0.4) is 0 Å². The quantitative estimate of drug-likeness (QED) is 0.472. The van der Waals surface area contributed by atoms with E-state index in [0.29, 0.717) is 32.0 Å². The maximum absolute atomic E-state index is 11.7. The first kappa shape index (κ1) is 20.5. The number of unbranched alkanes of at least 4 members (excludes halogenated alkanes) is 1. The Hall–Kier alpha value is -1.55. The molecular weight excluding hydrogens is 280 g/mol. The van der Waals surface area contributed by atoms with Crippen LogP contribution in [0.15, 0.2) is 24.3 Å². The zero-order chi connectivity index (χ0) is 16.6. The third-order valence-corrected chi connectivity index (χ3v) is 2.73. The summed E-state index contributed by atoms with van der Waals surface area (Å²) >= 11 is 0. The molecule has 1 aromatic rings. The van der Waals surface area contributed by atoms with Crippen LogP contribution in [-0.4, -0.2) is 32.4 Å². The van der Waals surface area contributed by atoms with Crippen molar-refractivity contribution in [2.24, 2.45) is 0 Å². The molecule has 0 heterocycles. The molecule has 0 radical (unpaired) electrons. The predicted octanol–water partition coefficient (Wildman–Crippen LogP) is 4.48. The number of carbonyl (C=O) groups is 1. The fourth-order valence-electron chi connectivity index (χ4n) is 1.58. The van der Waals surface area contributed by atoms with Crippen molar-refractivity contribution in [2.45, 2.75) is 47.0 Å². The van der Waals surface area contributed by atoms with Gasteiger partial charge in [0.05, 0.1) is 18.8 Å². The molecule has 4 nitrogen and oxygen atoms in total. The van der Waals surface area contributed by atoms with Gasteiger partial charge in [0.2, 0.25) is 0 Å². The van der Waals surface area contributed by atoms with Crippen molar-refractivity contribution in [1.29, 1.82) is 0 Å². The summed E-state index contributed by atoms with van der Waals surface area (Å²) in [5, 5.41) is 0. The van der Waals surface area contributed by atoms with Gasteiger partial charge >= 0.3 is 5.97 Å². The number of benzene rings is 1. The number of carbonyl (C=O) groups excluding carboxylic acids is 1. The Kier molecular flexibility index (Phi) is 13.4. The molecule has 0 aliphatic heterocycles. The largest absolute Gasteiger partial charge is 0.494 e. The lowest BCUT2D eigenvalue weighted by Gasteiger charge is -2.07. The summed E-state index contributed by atoms with van der Waals surface area (Å²) in [5.74, 6) is 0.480. The van der Waals surface area contributed by atoms with Gasteiger partial charge in [-0.15, -0.1) is 0 Å². The lowest BCUT2D eigenvalue weighted by Crippen LogP contribution is -2.08. The van der Waals surface area contributed by atoms with E-state index in [1.54, 1.807) is 24.3 Å². The van der Waals surface area contributed by atoms with E-state index in [-0.39, 0.29) is 5.97 Å². The lowest BCUT2D eigenvalue weighted by atomic mass is 10.2. The van der Waals surface area contributed by atoms with Crippen molar-refractivity contribution < 1.29 is 19.0 Å². The number of rotatable bonds is 10. The topological polar surface area (TPSA) is 44.8 Å². The summed E-state index contributed by atoms with van der Waals surface area (Å²) in [6.07, 6.45) is 2.85. The Bertz CT molecular complexity index is 373. The second kappa shape index (κ2) is 14.4. The van der Waals surface area contributed by atoms with Crippen LogP contribution >= 0.6 is 0 Å². The van der Waals surface area contributed by atoms with Gasteiger partial charge in [-0.3, -0.25) is 0 Å². The number of hydrogen-bond donors (Lipinski definition) is 0. The Morgan fingerprint density at radius 3 is 2.23 bits per heavy atom. The average molecular weight is 310 g/mol. The molecule has 0 fully saturated rings. The molecule has 0 aliphatic carbocycles. The van der Waals surface area contributed by atoms with Gasteiger partial charge in [0.15, 0.2) is 0 Å². The van der Waals surface area contributed by atoms with E-state index in [1.807, 2.05) is 20.8 Å². The van der Waals surface area contributed by atoms with Gasteiger partial charge in [-0.05, 0) is 37.6 Å². The highest BCUT2D eigenvalue weighted by Crippen LogP contribution is 2.13. The van der Waals surface area contributed by atoms with E-state index in [4.69, 9.17) is 14.2 Å². The summed E-state index contributed by atoms with van der Waals surface area (Å²) in [4.78, 5) is 11.7. The molecule has 0 aromatic heterocycles. The van der Waals surface area contributed by atoms with Crippen molar-refractivity contribution in [3.8, 4) is 5.75 Å². The van der Waals surface area contributed by atoms with Gasteiger partial charge in [-0.1, -0.05) is 27.2 Å². The molecule has 1 aromatic carbocycles. The molecule has 0 spiro atoms. The van der Waals surface area contributed by atoms with E-state index in [2.05, 4.69) is 6.92 Å². The van der Waals surface area contributed by atoms with Crippen molar-refractivity contribution >= 4 is 5.97 Å². The Morgan fingerprint density at radius 1 is 0.955 bits per heavy atom. The third-order valence-electron chi connectivity index (χ3n) is 2.73. The summed E-state index contributed by atoms with van der Waals surface area (Å²) < 4.78 is 15.9. The highest BCUT2D eigenvalue weighted by atomic mass is 16.5.